The van der Waals surface area contributed by atoms with Gasteiger partial charge in [0.1, 0.15) is 13.2 Å². The molecule has 6 heteroatoms. The van der Waals surface area contributed by atoms with Crippen LogP contribution in [0.3, 0.4) is 0 Å². The number of carbonyl (C=O) groups excluding carboxylic acids is 3. The lowest BCUT2D eigenvalue weighted by Gasteiger charge is -2.18. The predicted octanol–water partition coefficient (Wildman–Crippen LogP) is 16.8. The minimum Gasteiger partial charge on any atom is -0.462 e. The summed E-state index contributed by atoms with van der Waals surface area (Å²) in [5.41, 5.74) is 0. The van der Waals surface area contributed by atoms with Crippen molar-refractivity contribution in [2.45, 2.75) is 239 Å². The third-order valence-corrected chi connectivity index (χ3v) is 10.6. The summed E-state index contributed by atoms with van der Waals surface area (Å²) in [4.78, 5) is 37.9. The second-order valence-electron chi connectivity index (χ2n) is 16.7. The van der Waals surface area contributed by atoms with Crippen molar-refractivity contribution in [3.63, 3.8) is 0 Å². The molecule has 0 saturated heterocycles. The summed E-state index contributed by atoms with van der Waals surface area (Å²) in [7, 11) is 0. The Morgan fingerprint density at radius 3 is 0.984 bits per heavy atom. The Hall–Kier alpha value is -3.41. The van der Waals surface area contributed by atoms with Crippen molar-refractivity contribution in [3.8, 4) is 0 Å². The number of hydrogen-bond donors (Lipinski definition) is 0. The van der Waals surface area contributed by atoms with Crippen LogP contribution in [-0.4, -0.2) is 37.2 Å². The van der Waals surface area contributed by atoms with Crippen molar-refractivity contribution in [3.05, 3.63) is 85.1 Å². The van der Waals surface area contributed by atoms with Gasteiger partial charge in [-0.25, -0.2) is 0 Å². The maximum Gasteiger partial charge on any atom is 0.306 e. The highest BCUT2D eigenvalue weighted by Gasteiger charge is 2.19. The second-order valence-corrected chi connectivity index (χ2v) is 16.7. The summed E-state index contributed by atoms with van der Waals surface area (Å²) < 4.78 is 16.8. The Balaban J connectivity index is 4.39. The number of ether oxygens (including phenoxy) is 3. The van der Waals surface area contributed by atoms with E-state index in [1.165, 1.54) is 57.8 Å². The third kappa shape index (κ3) is 47.6. The summed E-state index contributed by atoms with van der Waals surface area (Å²) in [6, 6.07) is 0. The molecule has 6 nitrogen and oxygen atoms in total. The van der Waals surface area contributed by atoms with Crippen LogP contribution in [0.5, 0.6) is 0 Å². The zero-order valence-corrected chi connectivity index (χ0v) is 40.4. The van der Waals surface area contributed by atoms with Crippen molar-refractivity contribution >= 4 is 17.9 Å². The van der Waals surface area contributed by atoms with E-state index in [0.29, 0.717) is 19.3 Å². The predicted molar refractivity (Wildman–Crippen MR) is 265 cm³/mol. The fourth-order valence-electron chi connectivity index (χ4n) is 6.86. The van der Waals surface area contributed by atoms with E-state index in [1.807, 2.05) is 0 Å². The molecule has 0 radical (unpaired) electrons. The van der Waals surface area contributed by atoms with Gasteiger partial charge >= 0.3 is 17.9 Å². The van der Waals surface area contributed by atoms with E-state index in [0.717, 1.165) is 135 Å². The number of hydrogen-bond acceptors (Lipinski definition) is 6. The van der Waals surface area contributed by atoms with E-state index in [4.69, 9.17) is 14.2 Å². The van der Waals surface area contributed by atoms with Crippen LogP contribution >= 0.6 is 0 Å². The fraction of sp³-hybridized carbons (Fsp3) is 0.696. The lowest BCUT2D eigenvalue weighted by Crippen LogP contribution is -2.30. The zero-order chi connectivity index (χ0) is 45.1. The van der Waals surface area contributed by atoms with E-state index in [2.05, 4.69) is 106 Å². The van der Waals surface area contributed by atoms with Crippen LogP contribution in [0.25, 0.3) is 0 Å². The molecule has 0 amide bonds. The van der Waals surface area contributed by atoms with Gasteiger partial charge in [-0.2, -0.15) is 0 Å². The van der Waals surface area contributed by atoms with Gasteiger partial charge in [0, 0.05) is 19.3 Å². The van der Waals surface area contributed by atoms with Gasteiger partial charge in [-0.3, -0.25) is 14.4 Å². The molecule has 0 N–H and O–H groups in total. The Labute approximate surface area is 382 Å². The molecule has 1 atom stereocenters. The minimum atomic E-state index is -0.789. The first-order valence-corrected chi connectivity index (χ1v) is 25.6. The largest absolute Gasteiger partial charge is 0.462 e. The Bertz CT molecular complexity index is 1220. The average molecular weight is 863 g/mol. The number of allylic oxidation sites excluding steroid dienone is 14. The van der Waals surface area contributed by atoms with Gasteiger partial charge in [0.25, 0.3) is 0 Å². The first kappa shape index (κ1) is 58.6. The van der Waals surface area contributed by atoms with Crippen molar-refractivity contribution < 1.29 is 28.6 Å². The molecule has 0 rings (SSSR count). The van der Waals surface area contributed by atoms with E-state index < -0.39 is 6.10 Å². The molecule has 0 aromatic rings. The van der Waals surface area contributed by atoms with Gasteiger partial charge in [0.05, 0.1) is 0 Å². The number of unbranched alkanes of at least 4 members (excludes halogenated alkanes) is 20. The number of esters is 3. The Morgan fingerprint density at radius 1 is 0.339 bits per heavy atom. The average Bonchev–Trinajstić information content (AvgIpc) is 3.27. The highest BCUT2D eigenvalue weighted by Crippen LogP contribution is 2.14. The molecule has 0 saturated carbocycles. The summed E-state index contributed by atoms with van der Waals surface area (Å²) in [5.74, 6) is -0.922. The first-order valence-electron chi connectivity index (χ1n) is 25.6. The van der Waals surface area contributed by atoms with E-state index in [-0.39, 0.29) is 31.1 Å². The molecule has 62 heavy (non-hydrogen) atoms. The van der Waals surface area contributed by atoms with Crippen LogP contribution in [-0.2, 0) is 28.6 Å². The van der Waals surface area contributed by atoms with Gasteiger partial charge in [-0.15, -0.1) is 0 Å². The van der Waals surface area contributed by atoms with Gasteiger partial charge in [0.2, 0.25) is 0 Å². The van der Waals surface area contributed by atoms with Crippen LogP contribution < -0.4 is 0 Å². The normalized spacial score (nSPS) is 12.8. The molecule has 0 fully saturated rings. The summed E-state index contributed by atoms with van der Waals surface area (Å²) in [6.07, 6.45) is 64.2. The number of rotatable bonds is 45. The van der Waals surface area contributed by atoms with Gasteiger partial charge in [-0.05, 0) is 89.9 Å². The van der Waals surface area contributed by atoms with Crippen molar-refractivity contribution in [2.75, 3.05) is 13.2 Å². The molecule has 0 bridgehead atoms. The van der Waals surface area contributed by atoms with Crippen molar-refractivity contribution in [2.24, 2.45) is 0 Å². The molecule has 0 aliphatic rings. The Morgan fingerprint density at radius 2 is 0.629 bits per heavy atom. The van der Waals surface area contributed by atoms with E-state index in [1.54, 1.807) is 0 Å². The van der Waals surface area contributed by atoms with Crippen molar-refractivity contribution in [1.29, 1.82) is 0 Å². The van der Waals surface area contributed by atoms with Gasteiger partial charge in [0.15, 0.2) is 6.10 Å². The molecule has 1 unspecified atom stereocenters. The summed E-state index contributed by atoms with van der Waals surface area (Å²) in [5, 5.41) is 0. The molecular weight excluding hydrogens is 769 g/mol. The zero-order valence-electron chi connectivity index (χ0n) is 40.4. The minimum absolute atomic E-state index is 0.0876. The smallest absolute Gasteiger partial charge is 0.306 e. The molecule has 354 valence electrons. The standard InChI is InChI=1S/C56H94O6/c1-4-7-10-13-16-19-22-24-26-27-28-29-31-32-34-37-40-43-46-49-55(58)61-52-53(51-60-54(57)48-45-42-39-36-21-18-15-12-9-6-3)62-56(59)50-47-44-41-38-35-33-30-25-23-20-17-14-11-8-5-2/h7-8,10-11,16-17,19-20,24-26,28-30,53H,4-6,9,12-15,18,21-23,27,31-52H2,1-3H3/b10-7-,11-8-,19-16-,20-17-,26-24-,29-28-,30-25-. The molecule has 0 aliphatic carbocycles. The maximum atomic E-state index is 12.8. The second kappa shape index (κ2) is 50.2. The quantitative estimate of drug-likeness (QED) is 0.0263. The summed E-state index contributed by atoms with van der Waals surface area (Å²) >= 11 is 0. The van der Waals surface area contributed by atoms with Gasteiger partial charge < -0.3 is 14.2 Å². The molecule has 0 heterocycles. The third-order valence-electron chi connectivity index (χ3n) is 10.6. The van der Waals surface area contributed by atoms with Crippen molar-refractivity contribution in [1.82, 2.24) is 0 Å². The van der Waals surface area contributed by atoms with E-state index in [9.17, 15) is 14.4 Å². The maximum absolute atomic E-state index is 12.8. The molecule has 0 aromatic carbocycles. The van der Waals surface area contributed by atoms with E-state index >= 15 is 0 Å². The highest BCUT2D eigenvalue weighted by atomic mass is 16.6. The monoisotopic (exact) mass is 863 g/mol. The first-order chi connectivity index (χ1) is 30.5. The Kier molecular flexibility index (Phi) is 47.5. The highest BCUT2D eigenvalue weighted by molar-refractivity contribution is 5.71. The van der Waals surface area contributed by atoms with Crippen LogP contribution in [0, 0.1) is 0 Å². The molecule has 0 spiro atoms. The topological polar surface area (TPSA) is 78.9 Å². The molecule has 0 aromatic heterocycles. The SMILES string of the molecule is CC/C=C\C/C=C\C/C=C\C/C=C\CCCCCCCCC(=O)OCC(COC(=O)CCCCCCCCCCCC)OC(=O)CCCCCCC/C=C\C/C=C\C/C=C\CC. The van der Waals surface area contributed by atoms with Crippen LogP contribution in [0.2, 0.25) is 0 Å². The van der Waals surface area contributed by atoms with Crippen LogP contribution in [0.15, 0.2) is 85.1 Å². The van der Waals surface area contributed by atoms with Crippen LogP contribution in [0.1, 0.15) is 233 Å². The summed E-state index contributed by atoms with van der Waals surface area (Å²) in [6.45, 7) is 6.37. The molecular formula is C56H94O6. The lowest BCUT2D eigenvalue weighted by molar-refractivity contribution is -0.167. The van der Waals surface area contributed by atoms with Gasteiger partial charge in [-0.1, -0.05) is 209 Å². The number of carbonyl (C=O) groups is 3. The fourth-order valence-corrected chi connectivity index (χ4v) is 6.86. The molecule has 0 aliphatic heterocycles. The lowest BCUT2D eigenvalue weighted by atomic mass is 10.1. The van der Waals surface area contributed by atoms with Crippen LogP contribution in [0.4, 0.5) is 0 Å².